The summed E-state index contributed by atoms with van der Waals surface area (Å²) in [6.07, 6.45) is 0.750. The molecule has 1 aromatic rings. The summed E-state index contributed by atoms with van der Waals surface area (Å²) in [5.41, 5.74) is 6.81. The van der Waals surface area contributed by atoms with E-state index >= 15 is 0 Å². The summed E-state index contributed by atoms with van der Waals surface area (Å²) in [7, 11) is 0. The fraction of sp³-hybridized carbons (Fsp3) is 0.462. The molecule has 1 saturated heterocycles. The molecular formula is C13H17BrN2O2. The number of anilines is 1. The summed E-state index contributed by atoms with van der Waals surface area (Å²) in [5, 5.41) is 9.38. The van der Waals surface area contributed by atoms with Crippen molar-refractivity contribution in [2.75, 3.05) is 18.0 Å². The van der Waals surface area contributed by atoms with Crippen molar-refractivity contribution >= 4 is 27.5 Å². The molecule has 1 aromatic carbocycles. The zero-order valence-corrected chi connectivity index (χ0v) is 11.9. The van der Waals surface area contributed by atoms with E-state index in [-0.39, 0.29) is 12.5 Å². The van der Waals surface area contributed by atoms with Gasteiger partial charge in [0, 0.05) is 28.8 Å². The van der Waals surface area contributed by atoms with Gasteiger partial charge >= 0.3 is 0 Å². The summed E-state index contributed by atoms with van der Waals surface area (Å²) in [4.78, 5) is 13.6. The first-order chi connectivity index (χ1) is 8.46. The molecule has 98 valence electrons. The van der Waals surface area contributed by atoms with Gasteiger partial charge in [-0.1, -0.05) is 22.0 Å². The van der Waals surface area contributed by atoms with Crippen LogP contribution in [0, 0.1) is 5.41 Å². The van der Waals surface area contributed by atoms with Crippen LogP contribution in [0.3, 0.4) is 0 Å². The Bertz CT molecular complexity index is 478. The van der Waals surface area contributed by atoms with E-state index in [1.165, 1.54) is 0 Å². The molecule has 0 aromatic heterocycles. The number of aliphatic hydroxyl groups is 1. The molecule has 4 nitrogen and oxygen atoms in total. The number of primary amides is 1. The topological polar surface area (TPSA) is 66.6 Å². The number of nitrogens with two attached hydrogens (primary N) is 1. The molecule has 0 radical (unpaired) electrons. The molecular weight excluding hydrogens is 296 g/mol. The van der Waals surface area contributed by atoms with Gasteiger partial charge in [0.25, 0.3) is 0 Å². The van der Waals surface area contributed by atoms with Crippen LogP contribution in [-0.4, -0.2) is 24.1 Å². The van der Waals surface area contributed by atoms with Gasteiger partial charge in [0.2, 0.25) is 5.91 Å². The number of hydrogen-bond acceptors (Lipinski definition) is 3. The Hall–Kier alpha value is -1.07. The Morgan fingerprint density at radius 1 is 1.61 bits per heavy atom. The third-order valence-electron chi connectivity index (χ3n) is 3.63. The Kier molecular flexibility index (Phi) is 3.64. The Morgan fingerprint density at radius 2 is 2.33 bits per heavy atom. The summed E-state index contributed by atoms with van der Waals surface area (Å²) >= 11 is 3.43. The van der Waals surface area contributed by atoms with E-state index in [2.05, 4.69) is 20.8 Å². The molecule has 3 N–H and O–H groups in total. The minimum Gasteiger partial charge on any atom is -0.392 e. The van der Waals surface area contributed by atoms with Crippen molar-refractivity contribution in [2.24, 2.45) is 11.1 Å². The van der Waals surface area contributed by atoms with Crippen molar-refractivity contribution in [2.45, 2.75) is 20.0 Å². The zero-order valence-electron chi connectivity index (χ0n) is 10.3. The first kappa shape index (κ1) is 13.4. The fourth-order valence-corrected chi connectivity index (χ4v) is 2.68. The smallest absolute Gasteiger partial charge is 0.225 e. The average Bonchev–Trinajstić information content (AvgIpc) is 2.73. The van der Waals surface area contributed by atoms with Gasteiger partial charge in [-0.05, 0) is 25.5 Å². The molecule has 0 saturated carbocycles. The molecule has 1 amide bonds. The second-order valence-electron chi connectivity index (χ2n) is 5.03. The normalized spacial score (nSPS) is 23.4. The number of hydrogen-bond donors (Lipinski definition) is 2. The molecule has 1 fully saturated rings. The van der Waals surface area contributed by atoms with E-state index in [0.29, 0.717) is 6.54 Å². The SMILES string of the molecule is CC1(C(N)=O)CCN(c2cc(Br)ccc2CO)C1. The van der Waals surface area contributed by atoms with Gasteiger partial charge in [-0.25, -0.2) is 0 Å². The van der Waals surface area contributed by atoms with E-state index in [9.17, 15) is 9.90 Å². The van der Waals surface area contributed by atoms with E-state index < -0.39 is 5.41 Å². The standard InChI is InChI=1S/C13H17BrN2O2/c1-13(12(15)18)4-5-16(8-13)11-6-10(14)3-2-9(11)7-17/h2-3,6,17H,4-5,7-8H2,1H3,(H2,15,18). The molecule has 0 aliphatic carbocycles. The molecule has 1 aliphatic rings. The van der Waals surface area contributed by atoms with Crippen molar-refractivity contribution < 1.29 is 9.90 Å². The lowest BCUT2D eigenvalue weighted by atomic mass is 9.89. The third kappa shape index (κ3) is 2.37. The van der Waals surface area contributed by atoms with Crippen molar-refractivity contribution in [1.29, 1.82) is 0 Å². The van der Waals surface area contributed by atoms with Crippen molar-refractivity contribution in [1.82, 2.24) is 0 Å². The Balaban J connectivity index is 2.29. The maximum atomic E-state index is 11.5. The quantitative estimate of drug-likeness (QED) is 0.891. The number of carbonyl (C=O) groups is 1. The second kappa shape index (κ2) is 4.90. The number of nitrogens with zero attached hydrogens (tertiary/aromatic N) is 1. The van der Waals surface area contributed by atoms with Crippen LogP contribution in [-0.2, 0) is 11.4 Å². The van der Waals surface area contributed by atoms with Gasteiger partial charge in [-0.2, -0.15) is 0 Å². The van der Waals surface area contributed by atoms with Crippen LogP contribution in [0.2, 0.25) is 0 Å². The molecule has 2 rings (SSSR count). The predicted molar refractivity (Wildman–Crippen MR) is 74.2 cm³/mol. The van der Waals surface area contributed by atoms with Gasteiger partial charge in [0.05, 0.1) is 12.0 Å². The second-order valence-corrected chi connectivity index (χ2v) is 5.94. The molecule has 1 aliphatic heterocycles. The minimum atomic E-state index is -0.477. The molecule has 0 bridgehead atoms. The monoisotopic (exact) mass is 312 g/mol. The first-order valence-corrected chi connectivity index (χ1v) is 6.70. The van der Waals surface area contributed by atoms with Crippen LogP contribution in [0.4, 0.5) is 5.69 Å². The van der Waals surface area contributed by atoms with Crippen LogP contribution in [0.15, 0.2) is 22.7 Å². The number of aliphatic hydroxyl groups excluding tert-OH is 1. The van der Waals surface area contributed by atoms with Gasteiger partial charge in [0.15, 0.2) is 0 Å². The number of benzene rings is 1. The molecule has 1 heterocycles. The zero-order chi connectivity index (χ0) is 13.3. The number of amides is 1. The highest BCUT2D eigenvalue weighted by Gasteiger charge is 2.39. The van der Waals surface area contributed by atoms with E-state index in [4.69, 9.17) is 5.73 Å². The molecule has 1 unspecified atom stereocenters. The van der Waals surface area contributed by atoms with Crippen molar-refractivity contribution in [3.63, 3.8) is 0 Å². The summed E-state index contributed by atoms with van der Waals surface area (Å²) in [5.74, 6) is -0.259. The highest BCUT2D eigenvalue weighted by atomic mass is 79.9. The summed E-state index contributed by atoms with van der Waals surface area (Å²) in [6.45, 7) is 3.27. The fourth-order valence-electron chi connectivity index (χ4n) is 2.33. The number of rotatable bonds is 3. The third-order valence-corrected chi connectivity index (χ3v) is 4.12. The highest BCUT2D eigenvalue weighted by molar-refractivity contribution is 9.10. The summed E-state index contributed by atoms with van der Waals surface area (Å²) < 4.78 is 0.961. The lowest BCUT2D eigenvalue weighted by molar-refractivity contribution is -0.125. The average molecular weight is 313 g/mol. The molecule has 1 atom stereocenters. The molecule has 0 spiro atoms. The highest BCUT2D eigenvalue weighted by Crippen LogP contribution is 2.35. The van der Waals surface area contributed by atoms with E-state index in [1.54, 1.807) is 0 Å². The van der Waals surface area contributed by atoms with Crippen molar-refractivity contribution in [3.8, 4) is 0 Å². The van der Waals surface area contributed by atoms with Gasteiger partial charge in [0.1, 0.15) is 0 Å². The van der Waals surface area contributed by atoms with Crippen LogP contribution in [0.25, 0.3) is 0 Å². The van der Waals surface area contributed by atoms with E-state index in [1.807, 2.05) is 25.1 Å². The summed E-state index contributed by atoms with van der Waals surface area (Å²) in [6, 6.07) is 5.76. The maximum Gasteiger partial charge on any atom is 0.225 e. The Morgan fingerprint density at radius 3 is 2.89 bits per heavy atom. The number of halogens is 1. The predicted octanol–water partition coefficient (Wildman–Crippen LogP) is 1.64. The van der Waals surface area contributed by atoms with Gasteiger partial charge in [-0.15, -0.1) is 0 Å². The van der Waals surface area contributed by atoms with Crippen LogP contribution in [0.5, 0.6) is 0 Å². The molecule has 18 heavy (non-hydrogen) atoms. The van der Waals surface area contributed by atoms with Crippen LogP contribution >= 0.6 is 15.9 Å². The largest absolute Gasteiger partial charge is 0.392 e. The maximum absolute atomic E-state index is 11.5. The minimum absolute atomic E-state index is 0.00754. The molecule has 5 heteroatoms. The van der Waals surface area contributed by atoms with E-state index in [0.717, 1.165) is 28.7 Å². The van der Waals surface area contributed by atoms with Crippen LogP contribution in [0.1, 0.15) is 18.9 Å². The number of carbonyl (C=O) groups excluding carboxylic acids is 1. The van der Waals surface area contributed by atoms with Crippen LogP contribution < -0.4 is 10.6 Å². The Labute approximate surface area is 115 Å². The lowest BCUT2D eigenvalue weighted by Gasteiger charge is -2.24. The van der Waals surface area contributed by atoms with Crippen molar-refractivity contribution in [3.05, 3.63) is 28.2 Å². The van der Waals surface area contributed by atoms with Gasteiger partial charge < -0.3 is 15.7 Å². The lowest BCUT2D eigenvalue weighted by Crippen LogP contribution is -2.37. The first-order valence-electron chi connectivity index (χ1n) is 5.90. The van der Waals surface area contributed by atoms with Gasteiger partial charge in [-0.3, -0.25) is 4.79 Å².